The Morgan fingerprint density at radius 1 is 1.26 bits per heavy atom. The van der Waals surface area contributed by atoms with Crippen molar-refractivity contribution < 1.29 is 9.18 Å². The molecule has 0 saturated heterocycles. The van der Waals surface area contributed by atoms with Crippen molar-refractivity contribution in [3.05, 3.63) is 70.4 Å². The molecule has 1 aliphatic rings. The van der Waals surface area contributed by atoms with Crippen LogP contribution in [0.2, 0.25) is 0 Å². The molecule has 0 aliphatic heterocycles. The number of halogens is 1. The highest BCUT2D eigenvalue weighted by molar-refractivity contribution is 7.17. The van der Waals surface area contributed by atoms with Gasteiger partial charge >= 0.3 is 0 Å². The highest BCUT2D eigenvalue weighted by Gasteiger charge is 2.30. The maximum absolute atomic E-state index is 13.1. The molecule has 158 valence electrons. The van der Waals surface area contributed by atoms with Crippen molar-refractivity contribution in [3.8, 4) is 11.3 Å². The zero-order valence-corrected chi connectivity index (χ0v) is 18.2. The first-order chi connectivity index (χ1) is 15.0. The number of carbonyl (C=O) groups is 1. The predicted octanol–water partition coefficient (Wildman–Crippen LogP) is 4.83. The second kappa shape index (κ2) is 7.89. The molecule has 1 fully saturated rings. The Hall–Kier alpha value is -3.06. The lowest BCUT2D eigenvalue weighted by atomic mass is 9.90. The van der Waals surface area contributed by atoms with Crippen molar-refractivity contribution in [3.63, 3.8) is 0 Å². The maximum atomic E-state index is 13.1. The van der Waals surface area contributed by atoms with Crippen molar-refractivity contribution in [2.45, 2.75) is 38.4 Å². The number of hydrogen-bond donors (Lipinski definition) is 1. The molecule has 1 aliphatic carbocycles. The van der Waals surface area contributed by atoms with Crippen LogP contribution in [-0.2, 0) is 13.5 Å². The summed E-state index contributed by atoms with van der Waals surface area (Å²) in [6.45, 7) is 2.01. The monoisotopic (exact) mass is 434 g/mol. The van der Waals surface area contributed by atoms with Crippen LogP contribution in [0.5, 0.6) is 0 Å². The number of nitrogens with zero attached hydrogens (tertiary/aromatic N) is 3. The number of thiophene rings is 1. The van der Waals surface area contributed by atoms with Gasteiger partial charge in [-0.25, -0.2) is 9.37 Å². The fourth-order valence-corrected chi connectivity index (χ4v) is 4.95. The Morgan fingerprint density at radius 3 is 2.71 bits per heavy atom. The molecule has 31 heavy (non-hydrogen) atoms. The number of nitrogens with one attached hydrogen (secondary N) is 1. The highest BCUT2D eigenvalue weighted by Crippen LogP contribution is 2.30. The van der Waals surface area contributed by atoms with Gasteiger partial charge in [-0.1, -0.05) is 24.3 Å². The van der Waals surface area contributed by atoms with E-state index in [1.54, 1.807) is 16.0 Å². The van der Waals surface area contributed by atoms with Gasteiger partial charge in [0.05, 0.1) is 15.9 Å². The number of benzene rings is 1. The number of pyridine rings is 1. The summed E-state index contributed by atoms with van der Waals surface area (Å²) in [4.78, 5) is 17.4. The molecule has 3 aromatic heterocycles. The Morgan fingerprint density at radius 2 is 2.03 bits per heavy atom. The minimum Gasteiger partial charge on any atom is -0.348 e. The molecule has 0 spiro atoms. The summed E-state index contributed by atoms with van der Waals surface area (Å²) in [5, 5.41) is 9.44. The van der Waals surface area contributed by atoms with Crippen LogP contribution in [-0.4, -0.2) is 32.9 Å². The predicted molar refractivity (Wildman–Crippen MR) is 121 cm³/mol. The zero-order chi connectivity index (χ0) is 21.5. The van der Waals surface area contributed by atoms with Crippen LogP contribution in [0, 0.1) is 6.92 Å². The number of amides is 1. The Bertz CT molecular complexity index is 1250. The molecule has 3 heterocycles. The molecule has 1 saturated carbocycles. The van der Waals surface area contributed by atoms with Gasteiger partial charge in [0.15, 0.2) is 0 Å². The first-order valence-electron chi connectivity index (χ1n) is 10.4. The fourth-order valence-electron chi connectivity index (χ4n) is 3.94. The molecular weight excluding hydrogens is 411 g/mol. The molecular formula is C24H23FN4OS. The van der Waals surface area contributed by atoms with Gasteiger partial charge in [0.2, 0.25) is 0 Å². The average Bonchev–Trinajstić information content (AvgIpc) is 3.33. The number of aromatic nitrogens is 3. The van der Waals surface area contributed by atoms with Gasteiger partial charge in [-0.2, -0.15) is 5.10 Å². The SMILES string of the molecule is Cc1csc2c(Cc3ccc(-c4ccn(C)n4)cc3)cc(C(=O)NC3CC(F)C3)nc12. The topological polar surface area (TPSA) is 59.8 Å². The third-order valence-electron chi connectivity index (χ3n) is 5.78. The van der Waals surface area contributed by atoms with Crippen LogP contribution in [0.3, 0.4) is 0 Å². The van der Waals surface area contributed by atoms with E-state index in [0.29, 0.717) is 25.0 Å². The van der Waals surface area contributed by atoms with E-state index in [-0.39, 0.29) is 11.9 Å². The van der Waals surface area contributed by atoms with E-state index in [1.807, 2.05) is 32.3 Å². The molecule has 4 aromatic rings. The number of hydrogen-bond acceptors (Lipinski definition) is 4. The molecule has 0 radical (unpaired) electrons. The normalized spacial score (nSPS) is 18.2. The molecule has 0 atom stereocenters. The van der Waals surface area contributed by atoms with E-state index in [9.17, 15) is 9.18 Å². The van der Waals surface area contributed by atoms with Gasteiger partial charge in [0.25, 0.3) is 5.91 Å². The van der Waals surface area contributed by atoms with E-state index in [0.717, 1.165) is 38.2 Å². The smallest absolute Gasteiger partial charge is 0.270 e. The van der Waals surface area contributed by atoms with E-state index in [1.165, 1.54) is 0 Å². The number of fused-ring (bicyclic) bond motifs is 1. The van der Waals surface area contributed by atoms with Crippen LogP contribution in [0.4, 0.5) is 4.39 Å². The summed E-state index contributed by atoms with van der Waals surface area (Å²) in [7, 11) is 1.91. The molecule has 7 heteroatoms. The Kier molecular flexibility index (Phi) is 5.06. The van der Waals surface area contributed by atoms with E-state index in [2.05, 4.69) is 45.0 Å². The van der Waals surface area contributed by atoms with Gasteiger partial charge < -0.3 is 5.32 Å². The lowest BCUT2D eigenvalue weighted by molar-refractivity contribution is 0.0855. The second-order valence-corrected chi connectivity index (χ2v) is 9.13. The van der Waals surface area contributed by atoms with Crippen molar-refractivity contribution in [1.29, 1.82) is 0 Å². The number of alkyl halides is 1. The summed E-state index contributed by atoms with van der Waals surface area (Å²) in [5.74, 6) is -0.226. The summed E-state index contributed by atoms with van der Waals surface area (Å²) in [6, 6.07) is 12.1. The van der Waals surface area contributed by atoms with Crippen molar-refractivity contribution >= 4 is 27.5 Å². The minimum absolute atomic E-state index is 0.0915. The summed E-state index contributed by atoms with van der Waals surface area (Å²) in [6.07, 6.45) is 2.61. The lowest BCUT2D eigenvalue weighted by Gasteiger charge is -2.30. The summed E-state index contributed by atoms with van der Waals surface area (Å²) < 4.78 is 16.0. The van der Waals surface area contributed by atoms with Gasteiger partial charge in [-0.05, 0) is 60.4 Å². The van der Waals surface area contributed by atoms with Gasteiger partial charge in [-0.15, -0.1) is 11.3 Å². The van der Waals surface area contributed by atoms with Crippen molar-refractivity contribution in [1.82, 2.24) is 20.1 Å². The van der Waals surface area contributed by atoms with Crippen LogP contribution in [0.1, 0.15) is 40.0 Å². The zero-order valence-electron chi connectivity index (χ0n) is 17.4. The average molecular weight is 435 g/mol. The van der Waals surface area contributed by atoms with E-state index >= 15 is 0 Å². The van der Waals surface area contributed by atoms with Crippen molar-refractivity contribution in [2.24, 2.45) is 7.05 Å². The summed E-state index contributed by atoms with van der Waals surface area (Å²) in [5.41, 5.74) is 6.59. The number of rotatable bonds is 5. The second-order valence-electron chi connectivity index (χ2n) is 8.25. The first kappa shape index (κ1) is 19.9. The third-order valence-corrected chi connectivity index (χ3v) is 6.95. The quantitative estimate of drug-likeness (QED) is 0.490. The molecule has 1 aromatic carbocycles. The summed E-state index contributed by atoms with van der Waals surface area (Å²) >= 11 is 1.66. The Balaban J connectivity index is 1.42. The van der Waals surface area contributed by atoms with Gasteiger partial charge in [0.1, 0.15) is 11.9 Å². The highest BCUT2D eigenvalue weighted by atomic mass is 32.1. The lowest BCUT2D eigenvalue weighted by Crippen LogP contribution is -2.45. The standard InChI is InChI=1S/C24H23FN4OS/c1-14-13-31-23-17(9-15-3-5-16(6-4-15)20-7-8-29(2)28-20)10-21(27-22(14)23)24(30)26-19-11-18(25)12-19/h3-8,10,13,18-19H,9,11-12H2,1-2H3,(H,26,30). The largest absolute Gasteiger partial charge is 0.348 e. The number of aryl methyl sites for hydroxylation is 2. The first-order valence-corrected chi connectivity index (χ1v) is 11.3. The minimum atomic E-state index is -0.801. The number of carbonyl (C=O) groups excluding carboxylic acids is 1. The fraction of sp³-hybridized carbons (Fsp3) is 0.292. The van der Waals surface area contributed by atoms with E-state index in [4.69, 9.17) is 0 Å². The van der Waals surface area contributed by atoms with E-state index < -0.39 is 6.17 Å². The van der Waals surface area contributed by atoms with Crippen LogP contribution >= 0.6 is 11.3 Å². The molecule has 5 nitrogen and oxygen atoms in total. The Labute approximate surface area is 183 Å². The van der Waals surface area contributed by atoms with Gasteiger partial charge in [-0.3, -0.25) is 9.48 Å². The maximum Gasteiger partial charge on any atom is 0.270 e. The molecule has 0 bridgehead atoms. The molecule has 0 unspecified atom stereocenters. The third kappa shape index (κ3) is 3.97. The molecule has 5 rings (SSSR count). The van der Waals surface area contributed by atoms with Crippen LogP contribution < -0.4 is 5.32 Å². The van der Waals surface area contributed by atoms with Crippen LogP contribution in [0.15, 0.2) is 48.0 Å². The van der Waals surface area contributed by atoms with Crippen LogP contribution in [0.25, 0.3) is 21.5 Å². The van der Waals surface area contributed by atoms with Gasteiger partial charge in [0, 0.05) is 24.8 Å². The molecule has 1 amide bonds. The van der Waals surface area contributed by atoms with Crippen molar-refractivity contribution in [2.75, 3.05) is 0 Å². The molecule has 1 N–H and O–H groups in total.